The molecule has 26 heavy (non-hydrogen) atoms. The highest BCUT2D eigenvalue weighted by Gasteiger charge is 2.09. The van der Waals surface area contributed by atoms with Gasteiger partial charge in [0.05, 0.1) is 25.1 Å². The van der Waals surface area contributed by atoms with Crippen molar-refractivity contribution in [3.8, 4) is 11.6 Å². The predicted octanol–water partition coefficient (Wildman–Crippen LogP) is 2.72. The fourth-order valence-electron chi connectivity index (χ4n) is 2.63. The maximum Gasteiger partial charge on any atom is 0.319 e. The molecule has 1 saturated heterocycles. The summed E-state index contributed by atoms with van der Waals surface area (Å²) in [7, 11) is 0. The third-order valence-electron chi connectivity index (χ3n) is 4.00. The summed E-state index contributed by atoms with van der Waals surface area (Å²) in [6.45, 7) is 5.13. The number of anilines is 1. The molecule has 0 atom stereocenters. The first-order valence-corrected chi connectivity index (χ1v) is 8.83. The molecule has 2 aromatic rings. The molecule has 0 aliphatic carbocycles. The number of ether oxygens (including phenoxy) is 2. The molecule has 1 aromatic carbocycles. The average Bonchev–Trinajstić information content (AvgIpc) is 2.68. The van der Waals surface area contributed by atoms with Crippen molar-refractivity contribution in [3.05, 3.63) is 48.7 Å². The van der Waals surface area contributed by atoms with Crippen LogP contribution < -0.4 is 15.4 Å². The highest BCUT2D eigenvalue weighted by atomic mass is 16.5. The van der Waals surface area contributed by atoms with Gasteiger partial charge in [-0.05, 0) is 31.2 Å². The van der Waals surface area contributed by atoms with E-state index < -0.39 is 0 Å². The number of rotatable bonds is 7. The van der Waals surface area contributed by atoms with Crippen LogP contribution in [-0.4, -0.2) is 55.3 Å². The number of morpholine rings is 1. The Balaban J connectivity index is 1.36. The molecule has 1 aliphatic rings. The van der Waals surface area contributed by atoms with E-state index in [1.54, 1.807) is 18.3 Å². The van der Waals surface area contributed by atoms with Gasteiger partial charge in [-0.15, -0.1) is 0 Å². The number of para-hydroxylation sites is 1. The van der Waals surface area contributed by atoms with Crippen LogP contribution in [0.15, 0.2) is 48.7 Å². The van der Waals surface area contributed by atoms with Crippen LogP contribution >= 0.6 is 0 Å². The van der Waals surface area contributed by atoms with E-state index in [0.29, 0.717) is 18.1 Å². The fraction of sp³-hybridized carbons (Fsp3) is 0.368. The van der Waals surface area contributed by atoms with E-state index in [1.165, 1.54) is 0 Å². The first kappa shape index (κ1) is 18.2. The highest BCUT2D eigenvalue weighted by molar-refractivity contribution is 5.88. The van der Waals surface area contributed by atoms with Crippen LogP contribution in [0.2, 0.25) is 0 Å². The zero-order valence-electron chi connectivity index (χ0n) is 14.7. The molecule has 7 heteroatoms. The van der Waals surface area contributed by atoms with E-state index in [1.807, 2.05) is 30.3 Å². The minimum atomic E-state index is -0.231. The van der Waals surface area contributed by atoms with Crippen molar-refractivity contribution in [2.45, 2.75) is 6.42 Å². The third-order valence-corrected chi connectivity index (χ3v) is 4.00. The molecule has 3 rings (SSSR count). The largest absolute Gasteiger partial charge is 0.439 e. The molecule has 138 valence electrons. The molecule has 2 heterocycles. The lowest BCUT2D eigenvalue weighted by molar-refractivity contribution is 0.0375. The standard InChI is InChI=1S/C19H24N4O3/c24-19(20-9-4-10-23-11-13-25-14-12-23)22-16-7-8-18(21-15-16)26-17-5-2-1-3-6-17/h1-3,5-8,15H,4,9-14H2,(H2,20,22,24). The van der Waals surface area contributed by atoms with Gasteiger partial charge in [0, 0.05) is 25.7 Å². The molecule has 0 bridgehead atoms. The van der Waals surface area contributed by atoms with Crippen LogP contribution in [-0.2, 0) is 4.74 Å². The summed E-state index contributed by atoms with van der Waals surface area (Å²) in [6.07, 6.45) is 2.49. The van der Waals surface area contributed by atoms with Crippen LogP contribution in [0.3, 0.4) is 0 Å². The molecular weight excluding hydrogens is 332 g/mol. The van der Waals surface area contributed by atoms with Gasteiger partial charge in [-0.3, -0.25) is 4.90 Å². The van der Waals surface area contributed by atoms with Crippen LogP contribution in [0.5, 0.6) is 11.6 Å². The molecule has 1 aromatic heterocycles. The van der Waals surface area contributed by atoms with Crippen LogP contribution in [0.4, 0.5) is 10.5 Å². The number of pyridine rings is 1. The monoisotopic (exact) mass is 356 g/mol. The molecule has 0 radical (unpaired) electrons. The highest BCUT2D eigenvalue weighted by Crippen LogP contribution is 2.19. The molecule has 1 aliphatic heterocycles. The molecule has 0 saturated carbocycles. The lowest BCUT2D eigenvalue weighted by Gasteiger charge is -2.26. The zero-order chi connectivity index (χ0) is 18.0. The molecule has 0 unspecified atom stereocenters. The number of nitrogens with one attached hydrogen (secondary N) is 2. The third kappa shape index (κ3) is 6.02. The minimum Gasteiger partial charge on any atom is -0.439 e. The first-order valence-electron chi connectivity index (χ1n) is 8.83. The van der Waals surface area contributed by atoms with Crippen LogP contribution in [0.25, 0.3) is 0 Å². The lowest BCUT2D eigenvalue weighted by Crippen LogP contribution is -2.38. The number of nitrogens with zero attached hydrogens (tertiary/aromatic N) is 2. The van der Waals surface area contributed by atoms with E-state index in [-0.39, 0.29) is 6.03 Å². The normalized spacial score (nSPS) is 14.6. The maximum absolute atomic E-state index is 11.9. The van der Waals surface area contributed by atoms with E-state index in [4.69, 9.17) is 9.47 Å². The number of carbonyl (C=O) groups is 1. The van der Waals surface area contributed by atoms with Crippen molar-refractivity contribution >= 4 is 11.7 Å². The Morgan fingerprint density at radius 1 is 1.15 bits per heavy atom. The number of aromatic nitrogens is 1. The number of urea groups is 1. The van der Waals surface area contributed by atoms with Crippen LogP contribution in [0.1, 0.15) is 6.42 Å². The second-order valence-corrected chi connectivity index (χ2v) is 5.99. The molecule has 2 N–H and O–H groups in total. The first-order chi connectivity index (χ1) is 12.8. The molecule has 2 amide bonds. The Morgan fingerprint density at radius 2 is 1.96 bits per heavy atom. The summed E-state index contributed by atoms with van der Waals surface area (Å²) in [6, 6.07) is 12.7. The average molecular weight is 356 g/mol. The topological polar surface area (TPSA) is 75.7 Å². The molecule has 7 nitrogen and oxygen atoms in total. The Bertz CT molecular complexity index is 673. The lowest BCUT2D eigenvalue weighted by atomic mass is 10.3. The van der Waals surface area contributed by atoms with Gasteiger partial charge in [0.25, 0.3) is 0 Å². The van der Waals surface area contributed by atoms with Gasteiger partial charge < -0.3 is 20.1 Å². The van der Waals surface area contributed by atoms with Crippen molar-refractivity contribution < 1.29 is 14.3 Å². The second kappa shape index (κ2) is 9.74. The van der Waals surface area contributed by atoms with Gasteiger partial charge in [0.1, 0.15) is 5.75 Å². The van der Waals surface area contributed by atoms with Gasteiger partial charge in [-0.25, -0.2) is 9.78 Å². The van der Waals surface area contributed by atoms with E-state index >= 15 is 0 Å². The quantitative estimate of drug-likeness (QED) is 0.746. The smallest absolute Gasteiger partial charge is 0.319 e. The summed E-state index contributed by atoms with van der Waals surface area (Å²) >= 11 is 0. The van der Waals surface area contributed by atoms with E-state index in [9.17, 15) is 4.79 Å². The number of benzene rings is 1. The Labute approximate surface area is 153 Å². The Kier molecular flexibility index (Phi) is 6.80. The zero-order valence-corrected chi connectivity index (χ0v) is 14.7. The SMILES string of the molecule is O=C(NCCCN1CCOCC1)Nc1ccc(Oc2ccccc2)nc1. The van der Waals surface area contributed by atoms with Crippen LogP contribution in [0, 0.1) is 0 Å². The summed E-state index contributed by atoms with van der Waals surface area (Å²) in [4.78, 5) is 18.5. The summed E-state index contributed by atoms with van der Waals surface area (Å²) in [5.74, 6) is 1.20. The molecule has 1 fully saturated rings. The minimum absolute atomic E-state index is 0.231. The van der Waals surface area contributed by atoms with Gasteiger partial charge in [-0.2, -0.15) is 0 Å². The van der Waals surface area contributed by atoms with Crippen molar-refractivity contribution in [1.82, 2.24) is 15.2 Å². The number of hydrogen-bond acceptors (Lipinski definition) is 5. The van der Waals surface area contributed by atoms with Gasteiger partial charge in [-0.1, -0.05) is 18.2 Å². The Morgan fingerprint density at radius 3 is 2.69 bits per heavy atom. The Hall–Kier alpha value is -2.64. The van der Waals surface area contributed by atoms with Crippen molar-refractivity contribution in [2.24, 2.45) is 0 Å². The predicted molar refractivity (Wildman–Crippen MR) is 99.7 cm³/mol. The number of hydrogen-bond donors (Lipinski definition) is 2. The summed E-state index contributed by atoms with van der Waals surface area (Å²) < 4.78 is 10.9. The number of amides is 2. The second-order valence-electron chi connectivity index (χ2n) is 5.99. The van der Waals surface area contributed by atoms with Crippen molar-refractivity contribution in [2.75, 3.05) is 44.7 Å². The van der Waals surface area contributed by atoms with E-state index in [2.05, 4.69) is 20.5 Å². The van der Waals surface area contributed by atoms with Gasteiger partial charge in [0.2, 0.25) is 5.88 Å². The van der Waals surface area contributed by atoms with Gasteiger partial charge in [0.15, 0.2) is 0 Å². The molecular formula is C19H24N4O3. The van der Waals surface area contributed by atoms with E-state index in [0.717, 1.165) is 45.0 Å². The fourth-order valence-corrected chi connectivity index (χ4v) is 2.63. The summed E-state index contributed by atoms with van der Waals surface area (Å²) in [5, 5.41) is 5.63. The maximum atomic E-state index is 11.9. The van der Waals surface area contributed by atoms with Crippen molar-refractivity contribution in [1.29, 1.82) is 0 Å². The van der Waals surface area contributed by atoms with Gasteiger partial charge >= 0.3 is 6.03 Å². The van der Waals surface area contributed by atoms with Crippen molar-refractivity contribution in [3.63, 3.8) is 0 Å². The number of carbonyl (C=O) groups excluding carboxylic acids is 1. The summed E-state index contributed by atoms with van der Waals surface area (Å²) in [5.41, 5.74) is 0.621. The molecule has 0 spiro atoms.